The average Bonchev–Trinajstić information content (AvgIpc) is 1.94. The van der Waals surface area contributed by atoms with Crippen LogP contribution in [0.25, 0.3) is 0 Å². The van der Waals surface area contributed by atoms with Crippen LogP contribution in [0.4, 0.5) is 0 Å². The molecule has 0 aliphatic carbocycles. The zero-order valence-electron chi connectivity index (χ0n) is 5.62. The van der Waals surface area contributed by atoms with Crippen LogP contribution in [0.1, 0.15) is 0 Å². The van der Waals surface area contributed by atoms with E-state index in [0.717, 1.165) is 0 Å². The van der Waals surface area contributed by atoms with Crippen LogP contribution in [-0.2, 0) is 9.47 Å². The molecule has 3 unspecified atom stereocenters. The lowest BCUT2D eigenvalue weighted by atomic mass is 10.3. The van der Waals surface area contributed by atoms with Gasteiger partial charge in [0.1, 0.15) is 6.61 Å². The van der Waals surface area contributed by atoms with E-state index in [2.05, 4.69) is 9.47 Å². The Bertz CT molecular complexity index is 126. The third-order valence-corrected chi connectivity index (χ3v) is 1.30. The van der Waals surface area contributed by atoms with Crippen molar-refractivity contribution in [1.29, 1.82) is 0 Å². The molecule has 0 saturated carbocycles. The Labute approximate surface area is 62.6 Å². The highest BCUT2D eigenvalue weighted by Crippen LogP contribution is 2.13. The molecule has 1 saturated heterocycles. The first-order valence-corrected chi connectivity index (χ1v) is 3.10. The normalized spacial score (nSPS) is 39.5. The lowest BCUT2D eigenvalue weighted by Gasteiger charge is -2.31. The number of aliphatic hydroxyl groups is 4. The first kappa shape index (κ1) is 8.85. The van der Waals surface area contributed by atoms with Crippen molar-refractivity contribution in [3.05, 3.63) is 0 Å². The van der Waals surface area contributed by atoms with E-state index in [0.29, 0.717) is 0 Å². The van der Waals surface area contributed by atoms with Crippen LogP contribution in [0.2, 0.25) is 0 Å². The summed E-state index contributed by atoms with van der Waals surface area (Å²) in [6.07, 6.45) is -5.79. The number of aliphatic hydroxyl groups excluding tert-OH is 3. The van der Waals surface area contributed by atoms with Gasteiger partial charge in [0, 0.05) is 0 Å². The smallest absolute Gasteiger partial charge is 0.186 e. The summed E-state index contributed by atoms with van der Waals surface area (Å²) in [5, 5.41) is 34.7. The molecule has 6 heteroatoms. The van der Waals surface area contributed by atoms with Gasteiger partial charge in [-0.2, -0.15) is 0 Å². The molecule has 0 aromatic rings. The van der Waals surface area contributed by atoms with E-state index in [9.17, 15) is 0 Å². The van der Waals surface area contributed by atoms with Crippen LogP contribution in [0.15, 0.2) is 0 Å². The van der Waals surface area contributed by atoms with Gasteiger partial charge in [-0.05, 0) is 0 Å². The van der Waals surface area contributed by atoms with Crippen LogP contribution in [0.5, 0.6) is 0 Å². The second kappa shape index (κ2) is 3.44. The molecule has 1 fully saturated rings. The SMILES string of the molecule is OC1COC(O)C(C(O)O)O1. The Hall–Kier alpha value is -0.240. The molecule has 0 bridgehead atoms. The molecule has 66 valence electrons. The van der Waals surface area contributed by atoms with Crippen LogP contribution >= 0.6 is 0 Å². The van der Waals surface area contributed by atoms with Gasteiger partial charge in [-0.1, -0.05) is 0 Å². The second-order valence-corrected chi connectivity index (χ2v) is 2.19. The Morgan fingerprint density at radius 1 is 1.27 bits per heavy atom. The van der Waals surface area contributed by atoms with Crippen molar-refractivity contribution in [2.45, 2.75) is 25.0 Å². The minimum absolute atomic E-state index is 0.176. The minimum atomic E-state index is -1.86. The van der Waals surface area contributed by atoms with Crippen LogP contribution in [0.3, 0.4) is 0 Å². The fraction of sp³-hybridized carbons (Fsp3) is 1.00. The van der Waals surface area contributed by atoms with E-state index in [1.807, 2.05) is 0 Å². The van der Waals surface area contributed by atoms with E-state index in [-0.39, 0.29) is 6.61 Å². The van der Waals surface area contributed by atoms with Crippen molar-refractivity contribution in [3.63, 3.8) is 0 Å². The van der Waals surface area contributed by atoms with Gasteiger partial charge in [-0.3, -0.25) is 0 Å². The molecule has 4 N–H and O–H groups in total. The van der Waals surface area contributed by atoms with Crippen LogP contribution in [-0.4, -0.2) is 52.0 Å². The predicted octanol–water partition coefficient (Wildman–Crippen LogP) is -2.65. The summed E-state index contributed by atoms with van der Waals surface area (Å²) in [7, 11) is 0. The van der Waals surface area contributed by atoms with Gasteiger partial charge in [-0.15, -0.1) is 0 Å². The van der Waals surface area contributed by atoms with E-state index in [4.69, 9.17) is 20.4 Å². The Morgan fingerprint density at radius 3 is 2.36 bits per heavy atom. The summed E-state index contributed by atoms with van der Waals surface area (Å²) in [5.41, 5.74) is 0. The molecule has 0 radical (unpaired) electrons. The second-order valence-electron chi connectivity index (χ2n) is 2.19. The quantitative estimate of drug-likeness (QED) is 0.317. The molecule has 1 aliphatic rings. The van der Waals surface area contributed by atoms with Crippen LogP contribution in [0, 0.1) is 0 Å². The third kappa shape index (κ3) is 2.09. The number of rotatable bonds is 1. The lowest BCUT2D eigenvalue weighted by molar-refractivity contribution is -0.336. The fourth-order valence-electron chi connectivity index (χ4n) is 0.781. The van der Waals surface area contributed by atoms with E-state index < -0.39 is 25.0 Å². The van der Waals surface area contributed by atoms with E-state index in [1.54, 1.807) is 0 Å². The lowest BCUT2D eigenvalue weighted by Crippen LogP contribution is -2.49. The third-order valence-electron chi connectivity index (χ3n) is 1.30. The van der Waals surface area contributed by atoms with Gasteiger partial charge in [0.15, 0.2) is 25.0 Å². The summed E-state index contributed by atoms with van der Waals surface area (Å²) in [4.78, 5) is 0. The molecule has 11 heavy (non-hydrogen) atoms. The maximum Gasteiger partial charge on any atom is 0.186 e. The molecule has 3 atom stereocenters. The highest BCUT2D eigenvalue weighted by Gasteiger charge is 2.34. The standard InChI is InChI=1S/C5H10O6/c6-2-1-10-5(9)3(11-2)4(7)8/h2-9H,1H2. The summed E-state index contributed by atoms with van der Waals surface area (Å²) in [5.74, 6) is 0. The number of hydrogen-bond donors (Lipinski definition) is 4. The maximum atomic E-state index is 8.88. The first-order valence-electron chi connectivity index (χ1n) is 3.10. The van der Waals surface area contributed by atoms with Gasteiger partial charge in [-0.25, -0.2) is 0 Å². The highest BCUT2D eigenvalue weighted by molar-refractivity contribution is 4.67. The van der Waals surface area contributed by atoms with Gasteiger partial charge < -0.3 is 29.9 Å². The highest BCUT2D eigenvalue weighted by atomic mass is 16.7. The Kier molecular flexibility index (Phi) is 2.77. The van der Waals surface area contributed by atoms with E-state index in [1.165, 1.54) is 0 Å². The number of ether oxygens (including phenoxy) is 2. The van der Waals surface area contributed by atoms with Crippen molar-refractivity contribution in [1.82, 2.24) is 0 Å². The van der Waals surface area contributed by atoms with Crippen molar-refractivity contribution < 1.29 is 29.9 Å². The summed E-state index contributed by atoms with van der Waals surface area (Å²) >= 11 is 0. The average molecular weight is 166 g/mol. The first-order chi connectivity index (χ1) is 5.11. The topological polar surface area (TPSA) is 99.4 Å². The summed E-state index contributed by atoms with van der Waals surface area (Å²) < 4.78 is 9.07. The molecule has 1 rings (SSSR count). The molecule has 0 amide bonds. The molecule has 0 aromatic heterocycles. The molecule has 6 nitrogen and oxygen atoms in total. The Morgan fingerprint density at radius 2 is 1.91 bits per heavy atom. The van der Waals surface area contributed by atoms with Crippen molar-refractivity contribution >= 4 is 0 Å². The maximum absolute atomic E-state index is 8.88. The zero-order chi connectivity index (χ0) is 8.43. The monoisotopic (exact) mass is 166 g/mol. The molecular formula is C5H10O6. The van der Waals surface area contributed by atoms with Crippen molar-refractivity contribution in [2.24, 2.45) is 0 Å². The molecule has 1 heterocycles. The van der Waals surface area contributed by atoms with Crippen molar-refractivity contribution in [3.8, 4) is 0 Å². The fourth-order valence-corrected chi connectivity index (χ4v) is 0.781. The van der Waals surface area contributed by atoms with Crippen LogP contribution < -0.4 is 0 Å². The molecular weight excluding hydrogens is 156 g/mol. The van der Waals surface area contributed by atoms with E-state index >= 15 is 0 Å². The largest absolute Gasteiger partial charge is 0.366 e. The van der Waals surface area contributed by atoms with Gasteiger partial charge in [0.25, 0.3) is 0 Å². The van der Waals surface area contributed by atoms with Gasteiger partial charge >= 0.3 is 0 Å². The minimum Gasteiger partial charge on any atom is -0.366 e. The zero-order valence-corrected chi connectivity index (χ0v) is 5.62. The Balaban J connectivity index is 2.47. The molecule has 1 aliphatic heterocycles. The van der Waals surface area contributed by atoms with Gasteiger partial charge in [0.2, 0.25) is 0 Å². The molecule has 0 aromatic carbocycles. The van der Waals surface area contributed by atoms with Crippen molar-refractivity contribution in [2.75, 3.05) is 6.61 Å². The molecule has 0 spiro atoms. The predicted molar refractivity (Wildman–Crippen MR) is 31.1 cm³/mol. The summed E-state index contributed by atoms with van der Waals surface area (Å²) in [6.45, 7) is -0.176. The van der Waals surface area contributed by atoms with Gasteiger partial charge in [0.05, 0.1) is 0 Å². The number of hydrogen-bond acceptors (Lipinski definition) is 6. The summed E-state index contributed by atoms with van der Waals surface area (Å²) in [6, 6.07) is 0.